The van der Waals surface area contributed by atoms with E-state index in [0.717, 1.165) is 6.07 Å². The quantitative estimate of drug-likeness (QED) is 0.288. The number of carbonyl (C=O) groups excluding carboxylic acids is 2. The molecule has 0 radical (unpaired) electrons. The zero-order chi connectivity index (χ0) is 18.3. The summed E-state index contributed by atoms with van der Waals surface area (Å²) in [5.74, 6) is 8.63. The van der Waals surface area contributed by atoms with Gasteiger partial charge in [-0.1, -0.05) is 35.9 Å². The van der Waals surface area contributed by atoms with E-state index in [4.69, 9.17) is 23.3 Å². The maximum Gasteiger partial charge on any atom is 0.267 e. The van der Waals surface area contributed by atoms with Crippen LogP contribution < -0.4 is 33.4 Å². The molecular formula is C16H11ClN4O4. The molecule has 9 heteroatoms. The molecule has 6 N–H and O–H groups in total. The van der Waals surface area contributed by atoms with Crippen molar-refractivity contribution in [2.45, 2.75) is 0 Å². The standard InChI is InChI=1S/C16H11ClN4O4/c17-9-5-8(15(24)20-18)10-12(11(9)16(25)21-19)14(23)7-3-1-6(2-4-7)13(10)22/h1-5H,18-19H2,(H,20,24)(H,21,25). The van der Waals surface area contributed by atoms with Gasteiger partial charge < -0.3 is 0 Å². The summed E-state index contributed by atoms with van der Waals surface area (Å²) in [5, 5.41) is -0.288. The fraction of sp³-hybridized carbons (Fsp3) is 0. The normalized spacial score (nSPS) is 10.8. The first-order chi connectivity index (χ1) is 11.9. The van der Waals surface area contributed by atoms with Gasteiger partial charge in [0.05, 0.1) is 16.1 Å². The van der Waals surface area contributed by atoms with E-state index in [1.165, 1.54) is 24.3 Å². The zero-order valence-corrected chi connectivity index (χ0v) is 13.3. The first-order valence-corrected chi connectivity index (χ1v) is 7.36. The second kappa shape index (κ2) is 6.10. The van der Waals surface area contributed by atoms with Crippen LogP contribution in [0.3, 0.4) is 0 Å². The molecule has 0 aliphatic carbocycles. The lowest BCUT2D eigenvalue weighted by Gasteiger charge is -2.11. The van der Waals surface area contributed by atoms with Crippen LogP contribution in [0.2, 0.25) is 5.02 Å². The van der Waals surface area contributed by atoms with Crippen LogP contribution >= 0.6 is 11.6 Å². The van der Waals surface area contributed by atoms with Gasteiger partial charge in [-0.05, 0) is 6.07 Å². The van der Waals surface area contributed by atoms with E-state index in [9.17, 15) is 19.2 Å². The van der Waals surface area contributed by atoms with Crippen molar-refractivity contribution in [3.8, 4) is 0 Å². The van der Waals surface area contributed by atoms with Crippen LogP contribution in [-0.4, -0.2) is 11.8 Å². The van der Waals surface area contributed by atoms with Gasteiger partial charge in [-0.25, -0.2) is 11.7 Å². The highest BCUT2D eigenvalue weighted by molar-refractivity contribution is 6.36. The van der Waals surface area contributed by atoms with E-state index in [0.29, 0.717) is 0 Å². The molecule has 25 heavy (non-hydrogen) atoms. The topological polar surface area (TPSA) is 144 Å². The molecule has 0 saturated heterocycles. The number of rotatable bonds is 2. The molecule has 0 aliphatic rings. The Morgan fingerprint density at radius 2 is 1.32 bits per heavy atom. The Kier molecular flexibility index (Phi) is 4.09. The maximum absolute atomic E-state index is 12.9. The highest BCUT2D eigenvalue weighted by Gasteiger charge is 2.23. The van der Waals surface area contributed by atoms with E-state index in [2.05, 4.69) is 0 Å². The molecule has 4 rings (SSSR count). The van der Waals surface area contributed by atoms with Crippen molar-refractivity contribution in [3.05, 3.63) is 66.9 Å². The van der Waals surface area contributed by atoms with Gasteiger partial charge in [0.15, 0.2) is 10.9 Å². The second-order valence-electron chi connectivity index (χ2n) is 5.21. The summed E-state index contributed by atoms with van der Waals surface area (Å²) in [7, 11) is 0. The molecule has 126 valence electrons. The van der Waals surface area contributed by atoms with Gasteiger partial charge in [-0.3, -0.25) is 30.0 Å². The minimum Gasteiger partial charge on any atom is -0.290 e. The van der Waals surface area contributed by atoms with E-state index in [1.807, 2.05) is 10.9 Å². The van der Waals surface area contributed by atoms with Crippen LogP contribution in [-0.2, 0) is 0 Å². The monoisotopic (exact) mass is 358 g/mol. The molecule has 0 spiro atoms. The van der Waals surface area contributed by atoms with Gasteiger partial charge in [0.25, 0.3) is 11.8 Å². The number of nitrogen functional groups attached to an aromatic ring is 2. The molecule has 0 fully saturated rings. The van der Waals surface area contributed by atoms with Gasteiger partial charge >= 0.3 is 0 Å². The Labute approximate surface area is 144 Å². The number of carbonyl (C=O) groups is 2. The van der Waals surface area contributed by atoms with Crippen molar-refractivity contribution in [2.24, 2.45) is 11.7 Å². The molecule has 0 unspecified atom stereocenters. The number of halogens is 1. The first-order valence-electron chi connectivity index (χ1n) is 6.98. The van der Waals surface area contributed by atoms with Crippen LogP contribution in [0.1, 0.15) is 20.7 Å². The van der Waals surface area contributed by atoms with E-state index in [-0.39, 0.29) is 37.7 Å². The molecule has 0 atom stereocenters. The predicted molar refractivity (Wildman–Crippen MR) is 93.5 cm³/mol. The van der Waals surface area contributed by atoms with Crippen LogP contribution in [0.5, 0.6) is 0 Å². The van der Waals surface area contributed by atoms with Gasteiger partial charge in [0.2, 0.25) is 0 Å². The number of nitrogens with one attached hydrogen (secondary N) is 2. The van der Waals surface area contributed by atoms with Crippen LogP contribution in [0, 0.1) is 0 Å². The summed E-state index contributed by atoms with van der Waals surface area (Å²) < 4.78 is 0. The fourth-order valence-corrected chi connectivity index (χ4v) is 3.02. The minimum atomic E-state index is -0.864. The number of nitrogens with two attached hydrogens (primary N) is 2. The van der Waals surface area contributed by atoms with Crippen molar-refractivity contribution in [1.82, 2.24) is 10.9 Å². The van der Waals surface area contributed by atoms with E-state index >= 15 is 0 Å². The Morgan fingerprint density at radius 3 is 1.80 bits per heavy atom. The Bertz CT molecular complexity index is 1140. The third kappa shape index (κ3) is 2.49. The lowest BCUT2D eigenvalue weighted by Crippen LogP contribution is -2.33. The molecule has 0 aromatic heterocycles. The maximum atomic E-state index is 12.9. The van der Waals surface area contributed by atoms with E-state index in [1.54, 1.807) is 0 Å². The molecule has 0 saturated carbocycles. The van der Waals surface area contributed by atoms with Gasteiger partial charge in [-0.15, -0.1) is 0 Å². The predicted octanol–water partition coefficient (Wildman–Crippen LogP) is 0.0116. The highest BCUT2D eigenvalue weighted by atomic mass is 35.5. The summed E-state index contributed by atoms with van der Waals surface area (Å²) in [6.45, 7) is 0. The average molecular weight is 359 g/mol. The second-order valence-corrected chi connectivity index (χ2v) is 5.62. The fourth-order valence-electron chi connectivity index (χ4n) is 2.73. The zero-order valence-electron chi connectivity index (χ0n) is 12.6. The molecular weight excluding hydrogens is 348 g/mol. The van der Waals surface area contributed by atoms with Crippen molar-refractivity contribution in [1.29, 1.82) is 0 Å². The minimum absolute atomic E-state index is 0.211. The number of hydrogen-bond donors (Lipinski definition) is 4. The third-order valence-electron chi connectivity index (χ3n) is 3.88. The summed E-state index contributed by atoms with van der Waals surface area (Å²) in [5.41, 5.74) is 2.04. The summed E-state index contributed by atoms with van der Waals surface area (Å²) in [6, 6.07) is 6.92. The van der Waals surface area contributed by atoms with Crippen molar-refractivity contribution in [2.75, 3.05) is 0 Å². The molecule has 8 nitrogen and oxygen atoms in total. The first kappa shape index (κ1) is 16.8. The summed E-state index contributed by atoms with van der Waals surface area (Å²) in [6.07, 6.45) is 0. The smallest absolute Gasteiger partial charge is 0.267 e. The van der Waals surface area contributed by atoms with Crippen LogP contribution in [0.25, 0.3) is 21.5 Å². The van der Waals surface area contributed by atoms with Crippen molar-refractivity contribution < 1.29 is 9.59 Å². The average Bonchev–Trinajstić information content (AvgIpc) is 2.64. The molecule has 2 amide bonds. The number of benzene rings is 2. The number of hydrogen-bond acceptors (Lipinski definition) is 6. The molecule has 4 aromatic rings. The lowest BCUT2D eigenvalue weighted by molar-refractivity contribution is 0.0944. The SMILES string of the molecule is NNC(=O)c1cc(Cl)c(C(=O)NN)c2c(=O)c3ccc(cc3)c(=O)c12. The molecule has 0 heterocycles. The Morgan fingerprint density at radius 1 is 0.840 bits per heavy atom. The Balaban J connectivity index is 2.77. The number of fused-ring (bicyclic) bond motifs is 2. The van der Waals surface area contributed by atoms with Crippen molar-refractivity contribution in [3.63, 3.8) is 0 Å². The third-order valence-corrected chi connectivity index (χ3v) is 4.17. The van der Waals surface area contributed by atoms with Crippen molar-refractivity contribution >= 4 is 45.0 Å². The van der Waals surface area contributed by atoms with Crippen LogP contribution in [0.15, 0.2) is 39.9 Å². The summed E-state index contributed by atoms with van der Waals surface area (Å²) in [4.78, 5) is 50.0. The highest BCUT2D eigenvalue weighted by Crippen LogP contribution is 2.26. The molecule has 0 aliphatic heterocycles. The van der Waals surface area contributed by atoms with E-state index < -0.39 is 22.7 Å². The largest absolute Gasteiger partial charge is 0.290 e. The number of hydrazine groups is 2. The summed E-state index contributed by atoms with van der Waals surface area (Å²) >= 11 is 6.10. The van der Waals surface area contributed by atoms with Crippen LogP contribution in [0.4, 0.5) is 0 Å². The number of amides is 2. The molecule has 4 aromatic carbocycles. The molecule has 2 bridgehead atoms. The Hall–Kier alpha value is -3.07. The van der Waals surface area contributed by atoms with Gasteiger partial charge in [0.1, 0.15) is 0 Å². The van der Waals surface area contributed by atoms with Gasteiger partial charge in [0, 0.05) is 21.5 Å². The van der Waals surface area contributed by atoms with Gasteiger partial charge in [-0.2, -0.15) is 0 Å². The lowest BCUT2D eigenvalue weighted by atomic mass is 9.96.